The number of aryl methyl sites for hydroxylation is 1. The van der Waals surface area contributed by atoms with Crippen molar-refractivity contribution in [3.8, 4) is 22.9 Å². The Kier molecular flexibility index (Phi) is 4.85. The molecule has 0 fully saturated rings. The topological polar surface area (TPSA) is 78.9 Å². The molecule has 0 unspecified atom stereocenters. The standard InChI is InChI=1S/C16H16ClN5O/c17-13-4-8-15(9-5-13)23-14-6-2-12(3-7-14)16-19-21-22(20-16)11-1-10-18/h2-9H,1,10-11,18H2. The van der Waals surface area contributed by atoms with Crippen LogP contribution >= 0.6 is 11.6 Å². The Morgan fingerprint density at radius 2 is 1.65 bits per heavy atom. The number of hydrogen-bond acceptors (Lipinski definition) is 5. The van der Waals surface area contributed by atoms with E-state index in [1.54, 1.807) is 16.9 Å². The Labute approximate surface area is 138 Å². The molecule has 0 saturated heterocycles. The van der Waals surface area contributed by atoms with Crippen LogP contribution in [0.4, 0.5) is 0 Å². The van der Waals surface area contributed by atoms with Gasteiger partial charge in [-0.2, -0.15) is 4.80 Å². The summed E-state index contributed by atoms with van der Waals surface area (Å²) in [4.78, 5) is 1.56. The molecule has 118 valence electrons. The minimum Gasteiger partial charge on any atom is -0.457 e. The maximum Gasteiger partial charge on any atom is 0.204 e. The second kappa shape index (κ2) is 7.21. The Bertz CT molecular complexity index is 755. The van der Waals surface area contributed by atoms with Gasteiger partial charge in [-0.3, -0.25) is 0 Å². The van der Waals surface area contributed by atoms with Crippen LogP contribution < -0.4 is 10.5 Å². The molecule has 0 amide bonds. The molecule has 0 aliphatic rings. The first-order chi connectivity index (χ1) is 11.2. The minimum absolute atomic E-state index is 0.583. The van der Waals surface area contributed by atoms with E-state index in [1.807, 2.05) is 36.4 Å². The molecule has 2 aromatic carbocycles. The maximum absolute atomic E-state index is 5.85. The van der Waals surface area contributed by atoms with Crippen LogP contribution in [0.25, 0.3) is 11.4 Å². The second-order valence-electron chi connectivity index (χ2n) is 4.93. The molecule has 7 heteroatoms. The normalized spacial score (nSPS) is 10.7. The summed E-state index contributed by atoms with van der Waals surface area (Å²) in [6.45, 7) is 1.27. The summed E-state index contributed by atoms with van der Waals surface area (Å²) in [5, 5.41) is 13.1. The Morgan fingerprint density at radius 3 is 2.30 bits per heavy atom. The minimum atomic E-state index is 0.583. The highest BCUT2D eigenvalue weighted by molar-refractivity contribution is 6.30. The lowest BCUT2D eigenvalue weighted by Crippen LogP contribution is -2.08. The van der Waals surface area contributed by atoms with E-state index in [0.717, 1.165) is 23.5 Å². The molecule has 3 aromatic rings. The number of ether oxygens (including phenoxy) is 1. The number of halogens is 1. The highest BCUT2D eigenvalue weighted by Crippen LogP contribution is 2.25. The fraction of sp³-hybridized carbons (Fsp3) is 0.188. The molecule has 1 heterocycles. The third-order valence-electron chi connectivity index (χ3n) is 3.18. The van der Waals surface area contributed by atoms with E-state index in [1.165, 1.54) is 0 Å². The van der Waals surface area contributed by atoms with Gasteiger partial charge in [0.15, 0.2) is 0 Å². The first kappa shape index (κ1) is 15.5. The number of benzene rings is 2. The van der Waals surface area contributed by atoms with Gasteiger partial charge in [-0.25, -0.2) is 0 Å². The molecule has 23 heavy (non-hydrogen) atoms. The molecule has 0 spiro atoms. The zero-order valence-corrected chi connectivity index (χ0v) is 13.1. The summed E-state index contributed by atoms with van der Waals surface area (Å²) < 4.78 is 5.75. The number of aromatic nitrogens is 4. The van der Waals surface area contributed by atoms with Crippen LogP contribution in [0, 0.1) is 0 Å². The van der Waals surface area contributed by atoms with Crippen molar-refractivity contribution in [1.82, 2.24) is 20.2 Å². The van der Waals surface area contributed by atoms with Crippen molar-refractivity contribution in [2.45, 2.75) is 13.0 Å². The zero-order chi connectivity index (χ0) is 16.1. The van der Waals surface area contributed by atoms with Crippen molar-refractivity contribution in [3.63, 3.8) is 0 Å². The van der Waals surface area contributed by atoms with E-state index in [0.29, 0.717) is 23.9 Å². The number of hydrogen-bond donors (Lipinski definition) is 1. The fourth-order valence-corrected chi connectivity index (χ4v) is 2.12. The van der Waals surface area contributed by atoms with Crippen LogP contribution in [0.3, 0.4) is 0 Å². The van der Waals surface area contributed by atoms with Gasteiger partial charge in [-0.15, -0.1) is 10.2 Å². The molecule has 1 aromatic heterocycles. The molecule has 0 aliphatic heterocycles. The molecular weight excluding hydrogens is 314 g/mol. The molecule has 0 aliphatic carbocycles. The van der Waals surface area contributed by atoms with Crippen LogP contribution in [0.5, 0.6) is 11.5 Å². The van der Waals surface area contributed by atoms with Gasteiger partial charge in [-0.1, -0.05) is 11.6 Å². The average Bonchev–Trinajstić information content (AvgIpc) is 3.05. The summed E-state index contributed by atoms with van der Waals surface area (Å²) >= 11 is 5.85. The Balaban J connectivity index is 1.69. The summed E-state index contributed by atoms with van der Waals surface area (Å²) in [6.07, 6.45) is 0.823. The molecule has 0 radical (unpaired) electrons. The first-order valence-corrected chi connectivity index (χ1v) is 7.64. The monoisotopic (exact) mass is 329 g/mol. The predicted octanol–water partition coefficient (Wildman–Crippen LogP) is 3.13. The highest BCUT2D eigenvalue weighted by Gasteiger charge is 2.06. The van der Waals surface area contributed by atoms with E-state index in [4.69, 9.17) is 22.1 Å². The van der Waals surface area contributed by atoms with Gasteiger partial charge in [0.1, 0.15) is 11.5 Å². The first-order valence-electron chi connectivity index (χ1n) is 7.26. The molecule has 2 N–H and O–H groups in total. The molecule has 3 rings (SSSR count). The van der Waals surface area contributed by atoms with Gasteiger partial charge in [-0.05, 0) is 66.7 Å². The predicted molar refractivity (Wildman–Crippen MR) is 88.5 cm³/mol. The Morgan fingerprint density at radius 1 is 1.00 bits per heavy atom. The van der Waals surface area contributed by atoms with Crippen molar-refractivity contribution in [2.75, 3.05) is 6.54 Å². The maximum atomic E-state index is 5.85. The Hall–Kier alpha value is -2.44. The third kappa shape index (κ3) is 4.06. The van der Waals surface area contributed by atoms with Crippen LogP contribution in [0.15, 0.2) is 48.5 Å². The third-order valence-corrected chi connectivity index (χ3v) is 3.43. The fourth-order valence-electron chi connectivity index (χ4n) is 2.00. The largest absolute Gasteiger partial charge is 0.457 e. The summed E-state index contributed by atoms with van der Waals surface area (Å²) in [5.74, 6) is 2.04. The number of rotatable bonds is 6. The van der Waals surface area contributed by atoms with Gasteiger partial charge in [0.25, 0.3) is 0 Å². The highest BCUT2D eigenvalue weighted by atomic mass is 35.5. The van der Waals surface area contributed by atoms with Crippen LogP contribution in [-0.2, 0) is 6.54 Å². The van der Waals surface area contributed by atoms with Gasteiger partial charge in [0.2, 0.25) is 5.82 Å². The lowest BCUT2D eigenvalue weighted by atomic mass is 10.2. The lowest BCUT2D eigenvalue weighted by Gasteiger charge is -2.05. The van der Waals surface area contributed by atoms with E-state index in [-0.39, 0.29) is 0 Å². The van der Waals surface area contributed by atoms with Gasteiger partial charge in [0.05, 0.1) is 6.54 Å². The van der Waals surface area contributed by atoms with Gasteiger partial charge in [0, 0.05) is 10.6 Å². The van der Waals surface area contributed by atoms with Crippen molar-refractivity contribution in [2.24, 2.45) is 5.73 Å². The van der Waals surface area contributed by atoms with E-state index in [2.05, 4.69) is 15.4 Å². The SMILES string of the molecule is NCCCn1nnc(-c2ccc(Oc3ccc(Cl)cc3)cc2)n1. The van der Waals surface area contributed by atoms with Crippen molar-refractivity contribution in [3.05, 3.63) is 53.6 Å². The lowest BCUT2D eigenvalue weighted by molar-refractivity contribution is 0.483. The van der Waals surface area contributed by atoms with Crippen LogP contribution in [-0.4, -0.2) is 26.8 Å². The number of nitrogens with two attached hydrogens (primary N) is 1. The van der Waals surface area contributed by atoms with Crippen molar-refractivity contribution >= 4 is 11.6 Å². The molecule has 0 saturated carbocycles. The van der Waals surface area contributed by atoms with Crippen LogP contribution in [0.2, 0.25) is 5.02 Å². The summed E-state index contributed by atoms with van der Waals surface area (Å²) in [7, 11) is 0. The van der Waals surface area contributed by atoms with E-state index < -0.39 is 0 Å². The van der Waals surface area contributed by atoms with Crippen molar-refractivity contribution < 1.29 is 4.74 Å². The van der Waals surface area contributed by atoms with Gasteiger partial charge >= 0.3 is 0 Å². The second-order valence-corrected chi connectivity index (χ2v) is 5.37. The van der Waals surface area contributed by atoms with Gasteiger partial charge < -0.3 is 10.5 Å². The summed E-state index contributed by atoms with van der Waals surface area (Å²) in [6, 6.07) is 14.7. The molecule has 0 atom stereocenters. The smallest absolute Gasteiger partial charge is 0.204 e. The van der Waals surface area contributed by atoms with E-state index in [9.17, 15) is 0 Å². The molecule has 6 nitrogen and oxygen atoms in total. The van der Waals surface area contributed by atoms with E-state index >= 15 is 0 Å². The molecular formula is C16H16ClN5O. The average molecular weight is 330 g/mol. The summed E-state index contributed by atoms with van der Waals surface area (Å²) in [5.41, 5.74) is 6.35. The van der Waals surface area contributed by atoms with Crippen LogP contribution in [0.1, 0.15) is 6.42 Å². The number of nitrogens with zero attached hydrogens (tertiary/aromatic N) is 4. The van der Waals surface area contributed by atoms with Crippen molar-refractivity contribution in [1.29, 1.82) is 0 Å². The molecule has 0 bridgehead atoms. The number of tetrazole rings is 1. The quantitative estimate of drug-likeness (QED) is 0.751. The zero-order valence-electron chi connectivity index (χ0n) is 12.4.